The zero-order chi connectivity index (χ0) is 23.1. The molecule has 0 bridgehead atoms. The summed E-state index contributed by atoms with van der Waals surface area (Å²) in [6, 6.07) is 8.75. The van der Waals surface area contributed by atoms with Crippen molar-refractivity contribution >= 4 is 6.02 Å². The standard InChI is InChI=1S/C16H23N3O.C6H5F.2C2H6/c1-3-13-6-9-19(10-14(13)4-2)15-18-12-16(20-15)7-5-8-17-11-16;7-6-4-2-1-3-5-6;2*1-2/h3-4,17H,1-2,5-12H2;1-5H;2*1-2H3. The Balaban J connectivity index is 0.000000366. The molecule has 1 N–H and O–H groups in total. The van der Waals surface area contributed by atoms with E-state index in [1.54, 1.807) is 18.2 Å². The van der Waals surface area contributed by atoms with Gasteiger partial charge in [0.05, 0.1) is 6.54 Å². The zero-order valence-corrected chi connectivity index (χ0v) is 19.8. The quantitative estimate of drug-likeness (QED) is 0.651. The number of hydrogen-bond acceptors (Lipinski definition) is 4. The molecule has 1 spiro atoms. The number of halogens is 1. The van der Waals surface area contributed by atoms with Crippen LogP contribution in [0.1, 0.15) is 47.0 Å². The SMILES string of the molecule is C=CC1=C(C=C)CN(C2=NCC3(CCCNC3)O2)CC1.CC.CC.Fc1ccccc1. The summed E-state index contributed by atoms with van der Waals surface area (Å²) < 4.78 is 18.1. The fourth-order valence-electron chi connectivity index (χ4n) is 3.61. The smallest absolute Gasteiger partial charge is 0.288 e. The molecule has 1 unspecified atom stereocenters. The third kappa shape index (κ3) is 7.98. The molecule has 172 valence electrons. The van der Waals surface area contributed by atoms with Crippen LogP contribution in [-0.2, 0) is 4.74 Å². The van der Waals surface area contributed by atoms with E-state index < -0.39 is 0 Å². The van der Waals surface area contributed by atoms with Gasteiger partial charge in [0.2, 0.25) is 0 Å². The van der Waals surface area contributed by atoms with E-state index in [1.807, 2.05) is 39.8 Å². The summed E-state index contributed by atoms with van der Waals surface area (Å²) in [7, 11) is 0. The van der Waals surface area contributed by atoms with Gasteiger partial charge in [-0.15, -0.1) is 0 Å². The van der Waals surface area contributed by atoms with Gasteiger partial charge < -0.3 is 15.0 Å². The molecule has 1 saturated heterocycles. The zero-order valence-electron chi connectivity index (χ0n) is 19.8. The first kappa shape index (κ1) is 26.6. The maximum absolute atomic E-state index is 11.9. The van der Waals surface area contributed by atoms with E-state index in [-0.39, 0.29) is 11.4 Å². The summed E-state index contributed by atoms with van der Waals surface area (Å²) in [5.41, 5.74) is 2.44. The van der Waals surface area contributed by atoms with E-state index in [0.717, 1.165) is 51.6 Å². The summed E-state index contributed by atoms with van der Waals surface area (Å²) in [4.78, 5) is 6.88. The summed E-state index contributed by atoms with van der Waals surface area (Å²) in [5, 5.41) is 3.42. The summed E-state index contributed by atoms with van der Waals surface area (Å²) in [6.07, 6.45) is 7.12. The summed E-state index contributed by atoms with van der Waals surface area (Å²) in [5.74, 6) is -0.178. The van der Waals surface area contributed by atoms with Crippen molar-refractivity contribution in [3.05, 3.63) is 72.6 Å². The first-order valence-electron chi connectivity index (χ1n) is 11.5. The van der Waals surface area contributed by atoms with Crippen molar-refractivity contribution in [2.45, 2.75) is 52.6 Å². The molecule has 4 rings (SSSR count). The van der Waals surface area contributed by atoms with Crippen molar-refractivity contribution in [3.8, 4) is 0 Å². The Morgan fingerprint density at radius 1 is 1.10 bits per heavy atom. The van der Waals surface area contributed by atoms with Gasteiger partial charge in [-0.05, 0) is 49.1 Å². The van der Waals surface area contributed by atoms with Gasteiger partial charge in [-0.3, -0.25) is 0 Å². The monoisotopic (exact) mass is 429 g/mol. The predicted molar refractivity (Wildman–Crippen MR) is 131 cm³/mol. The van der Waals surface area contributed by atoms with Crippen LogP contribution >= 0.6 is 0 Å². The number of hydrogen-bond donors (Lipinski definition) is 1. The lowest BCUT2D eigenvalue weighted by molar-refractivity contribution is 0.0441. The first-order chi connectivity index (χ1) is 15.2. The number of nitrogens with zero attached hydrogens (tertiary/aromatic N) is 2. The molecule has 0 aromatic heterocycles. The maximum Gasteiger partial charge on any atom is 0.288 e. The van der Waals surface area contributed by atoms with E-state index >= 15 is 0 Å². The van der Waals surface area contributed by atoms with E-state index in [9.17, 15) is 4.39 Å². The number of allylic oxidation sites excluding steroid dienone is 1. The van der Waals surface area contributed by atoms with E-state index in [4.69, 9.17) is 4.74 Å². The lowest BCUT2D eigenvalue weighted by Gasteiger charge is -2.35. The Labute approximate surface area is 188 Å². The molecular formula is C26H40FN3O. The molecular weight excluding hydrogens is 389 g/mol. The number of amidine groups is 1. The fraction of sp³-hybridized carbons (Fsp3) is 0.500. The lowest BCUT2D eigenvalue weighted by Crippen LogP contribution is -2.50. The molecule has 31 heavy (non-hydrogen) atoms. The number of ether oxygens (including phenoxy) is 1. The Morgan fingerprint density at radius 2 is 1.77 bits per heavy atom. The van der Waals surface area contributed by atoms with Gasteiger partial charge in [-0.2, -0.15) is 0 Å². The van der Waals surface area contributed by atoms with Crippen LogP contribution in [0.15, 0.2) is 71.8 Å². The highest BCUT2D eigenvalue weighted by molar-refractivity contribution is 5.77. The van der Waals surface area contributed by atoms with E-state index in [1.165, 1.54) is 29.7 Å². The third-order valence-corrected chi connectivity index (χ3v) is 5.16. The van der Waals surface area contributed by atoms with Crippen molar-refractivity contribution < 1.29 is 9.13 Å². The van der Waals surface area contributed by atoms with E-state index in [0.29, 0.717) is 0 Å². The average Bonchev–Trinajstić information content (AvgIpc) is 3.25. The highest BCUT2D eigenvalue weighted by atomic mass is 19.1. The minimum atomic E-state index is -0.178. The molecule has 0 radical (unpaired) electrons. The van der Waals surface area contributed by atoms with Gasteiger partial charge in [0, 0.05) is 19.6 Å². The molecule has 0 aliphatic carbocycles. The van der Waals surface area contributed by atoms with Crippen LogP contribution in [0.2, 0.25) is 0 Å². The molecule has 1 fully saturated rings. The van der Waals surface area contributed by atoms with Crippen LogP contribution in [0, 0.1) is 5.82 Å². The van der Waals surface area contributed by atoms with Gasteiger partial charge >= 0.3 is 0 Å². The van der Waals surface area contributed by atoms with Crippen LogP contribution in [0.5, 0.6) is 0 Å². The lowest BCUT2D eigenvalue weighted by atomic mass is 9.95. The Bertz CT molecular complexity index is 721. The molecule has 0 saturated carbocycles. The summed E-state index contributed by atoms with van der Waals surface area (Å²) in [6.45, 7) is 20.3. The van der Waals surface area contributed by atoms with E-state index in [2.05, 4.69) is 28.4 Å². The number of aliphatic imine (C=N–C) groups is 1. The van der Waals surface area contributed by atoms with Gasteiger partial charge in [0.1, 0.15) is 11.4 Å². The van der Waals surface area contributed by atoms with Crippen molar-refractivity contribution in [2.75, 3.05) is 32.7 Å². The Kier molecular flexibility index (Phi) is 12.5. The van der Waals surface area contributed by atoms with Crippen molar-refractivity contribution in [2.24, 2.45) is 4.99 Å². The highest BCUT2D eigenvalue weighted by Crippen LogP contribution is 2.29. The molecule has 3 heterocycles. The number of rotatable bonds is 2. The number of nitrogens with one attached hydrogen (secondary N) is 1. The topological polar surface area (TPSA) is 36.9 Å². The van der Waals surface area contributed by atoms with Crippen molar-refractivity contribution in [1.82, 2.24) is 10.2 Å². The third-order valence-electron chi connectivity index (χ3n) is 5.16. The van der Waals surface area contributed by atoms with Crippen molar-refractivity contribution in [1.29, 1.82) is 0 Å². The average molecular weight is 430 g/mol. The molecule has 3 aliphatic heterocycles. The molecule has 3 aliphatic rings. The normalized spacial score (nSPS) is 21.8. The maximum atomic E-state index is 11.9. The fourth-order valence-corrected chi connectivity index (χ4v) is 3.61. The second-order valence-corrected chi connectivity index (χ2v) is 7.09. The molecule has 1 aromatic rings. The van der Waals surface area contributed by atoms with Crippen LogP contribution in [-0.4, -0.2) is 49.2 Å². The van der Waals surface area contributed by atoms with Gasteiger partial charge in [-0.1, -0.05) is 71.2 Å². The predicted octanol–water partition coefficient (Wildman–Crippen LogP) is 5.75. The number of piperidine rings is 1. The summed E-state index contributed by atoms with van der Waals surface area (Å²) >= 11 is 0. The molecule has 1 atom stereocenters. The van der Waals surface area contributed by atoms with Crippen LogP contribution in [0.3, 0.4) is 0 Å². The molecule has 5 heteroatoms. The minimum Gasteiger partial charge on any atom is -0.455 e. The highest BCUT2D eigenvalue weighted by Gasteiger charge is 2.41. The van der Waals surface area contributed by atoms with Gasteiger partial charge in [0.25, 0.3) is 6.02 Å². The van der Waals surface area contributed by atoms with Gasteiger partial charge in [0.15, 0.2) is 0 Å². The van der Waals surface area contributed by atoms with Gasteiger partial charge in [-0.25, -0.2) is 9.38 Å². The number of benzene rings is 1. The minimum absolute atomic E-state index is 0.0929. The van der Waals surface area contributed by atoms with Crippen LogP contribution < -0.4 is 5.32 Å². The molecule has 4 nitrogen and oxygen atoms in total. The molecule has 0 amide bonds. The second kappa shape index (κ2) is 14.6. The Morgan fingerprint density at radius 3 is 2.29 bits per heavy atom. The largest absolute Gasteiger partial charge is 0.455 e. The second-order valence-electron chi connectivity index (χ2n) is 7.09. The van der Waals surface area contributed by atoms with Crippen molar-refractivity contribution in [3.63, 3.8) is 0 Å². The molecule has 1 aromatic carbocycles. The van der Waals surface area contributed by atoms with Crippen LogP contribution in [0.25, 0.3) is 0 Å². The van der Waals surface area contributed by atoms with Crippen LogP contribution in [0.4, 0.5) is 4.39 Å². The first-order valence-corrected chi connectivity index (χ1v) is 11.5. The Hall–Kier alpha value is -2.40.